The van der Waals surface area contributed by atoms with Crippen LogP contribution in [0.1, 0.15) is 23.7 Å². The van der Waals surface area contributed by atoms with Crippen molar-refractivity contribution in [3.05, 3.63) is 35.9 Å². The Morgan fingerprint density at radius 3 is 2.15 bits per heavy atom. The predicted octanol–water partition coefficient (Wildman–Crippen LogP) is 1.85. The minimum atomic E-state index is -0.108. The zero-order valence-corrected chi connectivity index (χ0v) is 8.28. The monoisotopic (exact) mass is 221 g/mol. The molecule has 0 aromatic heterocycles. The second kappa shape index (κ2) is 5.67. The van der Waals surface area contributed by atoms with Gasteiger partial charge in [-0.1, -0.05) is 30.3 Å². The number of rotatable bonds is 3. The Labute approximate surface area is 87.5 Å². The fraction of sp³-hybridized carbons (Fsp3) is 0.200. The van der Waals surface area contributed by atoms with Crippen LogP contribution in [0.25, 0.3) is 0 Å². The Morgan fingerprint density at radius 2 is 1.69 bits per heavy atom. The minimum Gasteiger partial charge on any atom is -0.300 e. The normalized spacial score (nSPS) is 8.69. The molecule has 3 heteroatoms. The first-order chi connectivity index (χ1) is 5.70. The second-order valence-corrected chi connectivity index (χ2v) is 2.67. The molecular weight excluding hydrogens is 211 g/mol. The van der Waals surface area contributed by atoms with E-state index in [-0.39, 0.29) is 34.8 Å². The molecule has 13 heavy (non-hydrogen) atoms. The molecule has 0 amide bonds. The van der Waals surface area contributed by atoms with Crippen molar-refractivity contribution in [3.8, 4) is 0 Å². The number of hydrogen-bond acceptors (Lipinski definition) is 2. The number of hydrogen-bond donors (Lipinski definition) is 0. The molecule has 0 saturated carbocycles. The molecule has 1 radical (unpaired) electrons. The molecule has 0 atom stereocenters. The van der Waals surface area contributed by atoms with Gasteiger partial charge in [-0.3, -0.25) is 9.59 Å². The van der Waals surface area contributed by atoms with Gasteiger partial charge in [-0.2, -0.15) is 0 Å². The second-order valence-electron chi connectivity index (χ2n) is 2.67. The summed E-state index contributed by atoms with van der Waals surface area (Å²) in [6, 6.07) is 8.84. The third-order valence-corrected chi connectivity index (χ3v) is 1.51. The summed E-state index contributed by atoms with van der Waals surface area (Å²) in [7, 11) is 0. The van der Waals surface area contributed by atoms with Crippen LogP contribution in [0, 0.1) is 0 Å². The van der Waals surface area contributed by atoms with Crippen molar-refractivity contribution in [2.45, 2.75) is 13.3 Å². The van der Waals surface area contributed by atoms with Crippen LogP contribution < -0.4 is 0 Å². The van der Waals surface area contributed by atoms with E-state index in [1.54, 1.807) is 24.3 Å². The first kappa shape index (κ1) is 12.1. The minimum absolute atomic E-state index is 0. The maximum Gasteiger partial charge on any atom is 0.170 e. The van der Waals surface area contributed by atoms with Gasteiger partial charge in [-0.05, 0) is 6.92 Å². The van der Waals surface area contributed by atoms with Gasteiger partial charge in [0.1, 0.15) is 5.78 Å². The van der Waals surface area contributed by atoms with E-state index in [0.29, 0.717) is 5.56 Å². The molecule has 0 unspecified atom stereocenters. The van der Waals surface area contributed by atoms with Crippen molar-refractivity contribution < 1.29 is 26.4 Å². The standard InChI is InChI=1S/C10H10O2.Co/c1-8(11)7-10(12)9-5-3-2-4-6-9;/h2-6H,7H2,1H3;. The van der Waals surface area contributed by atoms with E-state index in [1.165, 1.54) is 6.92 Å². The van der Waals surface area contributed by atoms with Crippen LogP contribution in [0.2, 0.25) is 0 Å². The molecule has 0 fully saturated rings. The fourth-order valence-electron chi connectivity index (χ4n) is 0.952. The van der Waals surface area contributed by atoms with Gasteiger partial charge in [0.2, 0.25) is 0 Å². The molecule has 71 valence electrons. The zero-order chi connectivity index (χ0) is 8.97. The smallest absolute Gasteiger partial charge is 0.170 e. The van der Waals surface area contributed by atoms with Crippen LogP contribution in [-0.4, -0.2) is 11.6 Å². The van der Waals surface area contributed by atoms with E-state index in [0.717, 1.165) is 0 Å². The van der Waals surface area contributed by atoms with E-state index in [9.17, 15) is 9.59 Å². The fourth-order valence-corrected chi connectivity index (χ4v) is 0.952. The third-order valence-electron chi connectivity index (χ3n) is 1.51. The van der Waals surface area contributed by atoms with E-state index in [2.05, 4.69) is 0 Å². The van der Waals surface area contributed by atoms with Crippen LogP contribution in [-0.2, 0) is 21.6 Å². The van der Waals surface area contributed by atoms with Gasteiger partial charge in [0.25, 0.3) is 0 Å². The average Bonchev–Trinajstić information content (AvgIpc) is 2.05. The molecular formula is C10H10CoO2. The average molecular weight is 221 g/mol. The topological polar surface area (TPSA) is 34.1 Å². The quantitative estimate of drug-likeness (QED) is 0.576. The van der Waals surface area contributed by atoms with Gasteiger partial charge >= 0.3 is 0 Å². The van der Waals surface area contributed by atoms with Gasteiger partial charge < -0.3 is 0 Å². The molecule has 1 aromatic rings. The summed E-state index contributed by atoms with van der Waals surface area (Å²) in [4.78, 5) is 21.8. The van der Waals surface area contributed by atoms with Gasteiger partial charge in [0, 0.05) is 22.3 Å². The van der Waals surface area contributed by atoms with E-state index in [1.807, 2.05) is 6.07 Å². The number of ketones is 2. The summed E-state index contributed by atoms with van der Waals surface area (Å²) >= 11 is 0. The Kier molecular flexibility index (Phi) is 5.26. The molecule has 0 saturated heterocycles. The molecule has 0 N–H and O–H groups in total. The number of Topliss-reactive ketones (excluding diaryl/α,β-unsaturated/α-hetero) is 2. The zero-order valence-electron chi connectivity index (χ0n) is 7.24. The van der Waals surface area contributed by atoms with Crippen LogP contribution in [0.3, 0.4) is 0 Å². The molecule has 1 rings (SSSR count). The van der Waals surface area contributed by atoms with Gasteiger partial charge in [-0.15, -0.1) is 0 Å². The van der Waals surface area contributed by atoms with E-state index < -0.39 is 0 Å². The Balaban J connectivity index is 0.00000144. The summed E-state index contributed by atoms with van der Waals surface area (Å²) in [5.41, 5.74) is 0.604. The molecule has 0 aliphatic rings. The van der Waals surface area contributed by atoms with E-state index >= 15 is 0 Å². The molecule has 0 bridgehead atoms. The van der Waals surface area contributed by atoms with Crippen molar-refractivity contribution in [3.63, 3.8) is 0 Å². The number of carbonyl (C=O) groups excluding carboxylic acids is 2. The van der Waals surface area contributed by atoms with Gasteiger partial charge in [0.15, 0.2) is 5.78 Å². The summed E-state index contributed by atoms with van der Waals surface area (Å²) < 4.78 is 0. The van der Waals surface area contributed by atoms with Crippen molar-refractivity contribution in [1.29, 1.82) is 0 Å². The Hall–Kier alpha value is -0.934. The maximum atomic E-state index is 11.2. The predicted molar refractivity (Wildman–Crippen MR) is 46.1 cm³/mol. The van der Waals surface area contributed by atoms with Crippen molar-refractivity contribution in [2.24, 2.45) is 0 Å². The first-order valence-electron chi connectivity index (χ1n) is 3.78. The van der Waals surface area contributed by atoms with Crippen LogP contribution >= 0.6 is 0 Å². The van der Waals surface area contributed by atoms with Crippen LogP contribution in [0.4, 0.5) is 0 Å². The first-order valence-corrected chi connectivity index (χ1v) is 3.78. The van der Waals surface area contributed by atoms with Crippen LogP contribution in [0.15, 0.2) is 30.3 Å². The molecule has 1 aromatic carbocycles. The van der Waals surface area contributed by atoms with Gasteiger partial charge in [0.05, 0.1) is 6.42 Å². The van der Waals surface area contributed by atoms with Crippen molar-refractivity contribution in [1.82, 2.24) is 0 Å². The Bertz CT molecular complexity index is 293. The summed E-state index contributed by atoms with van der Waals surface area (Å²) in [6.07, 6.45) is 0.00398. The SMILES string of the molecule is CC(=O)CC(=O)c1ccccc1.[Co]. The van der Waals surface area contributed by atoms with Crippen molar-refractivity contribution in [2.75, 3.05) is 0 Å². The van der Waals surface area contributed by atoms with Crippen LogP contribution in [0.5, 0.6) is 0 Å². The van der Waals surface area contributed by atoms with Gasteiger partial charge in [-0.25, -0.2) is 0 Å². The number of benzene rings is 1. The Morgan fingerprint density at radius 1 is 1.15 bits per heavy atom. The molecule has 0 heterocycles. The number of carbonyl (C=O) groups is 2. The molecule has 2 nitrogen and oxygen atoms in total. The summed E-state index contributed by atoms with van der Waals surface area (Å²) in [5, 5.41) is 0. The largest absolute Gasteiger partial charge is 0.300 e. The maximum absolute atomic E-state index is 11.2. The molecule has 0 aliphatic carbocycles. The summed E-state index contributed by atoms with van der Waals surface area (Å²) in [5.74, 6) is -0.202. The van der Waals surface area contributed by atoms with Crippen molar-refractivity contribution >= 4 is 11.6 Å². The molecule has 0 spiro atoms. The molecule has 0 aliphatic heterocycles. The van der Waals surface area contributed by atoms with E-state index in [4.69, 9.17) is 0 Å². The summed E-state index contributed by atoms with van der Waals surface area (Å²) in [6.45, 7) is 1.42. The third kappa shape index (κ3) is 4.01.